The zero-order chi connectivity index (χ0) is 20.7. The maximum absolute atomic E-state index is 12.9. The van der Waals surface area contributed by atoms with Crippen LogP contribution in [0.15, 0.2) is 12.4 Å². The first kappa shape index (κ1) is 21.2. The van der Waals surface area contributed by atoms with Crippen molar-refractivity contribution in [3.05, 3.63) is 23.8 Å². The third kappa shape index (κ3) is 4.38. The lowest BCUT2D eigenvalue weighted by atomic mass is 9.73. The molecule has 1 spiro atoms. The Kier molecular flexibility index (Phi) is 5.57. The van der Waals surface area contributed by atoms with Crippen LogP contribution in [-0.2, 0) is 22.1 Å². The number of nitrogens with zero attached hydrogens (tertiary/aromatic N) is 3. The van der Waals surface area contributed by atoms with E-state index in [0.29, 0.717) is 13.1 Å². The van der Waals surface area contributed by atoms with E-state index in [4.69, 9.17) is 4.74 Å². The maximum Gasteiger partial charge on any atom is 0.410 e. The molecule has 0 saturated carbocycles. The maximum atomic E-state index is 12.9. The van der Waals surface area contributed by atoms with Gasteiger partial charge in [0, 0.05) is 30.9 Å². The van der Waals surface area contributed by atoms with Crippen LogP contribution in [0.4, 0.5) is 4.79 Å². The molecule has 1 aromatic heterocycles. The fraction of sp³-hybridized carbons (Fsp3) is 0.750. The number of ether oxygens (including phenoxy) is 1. The summed E-state index contributed by atoms with van der Waals surface area (Å²) in [5.74, 6) is 0. The summed E-state index contributed by atoms with van der Waals surface area (Å²) >= 11 is 0. The average Bonchev–Trinajstić information content (AvgIpc) is 2.86. The Hall–Kier alpha value is -1.54. The van der Waals surface area contributed by atoms with Gasteiger partial charge >= 0.3 is 6.09 Å². The largest absolute Gasteiger partial charge is 0.444 e. The second-order valence-electron chi connectivity index (χ2n) is 9.83. The number of nitrogens with one attached hydrogen (secondary N) is 1. The molecule has 1 fully saturated rings. The van der Waals surface area contributed by atoms with Gasteiger partial charge in [-0.15, -0.1) is 0 Å². The average molecular weight is 409 g/mol. The van der Waals surface area contributed by atoms with Gasteiger partial charge in [0.15, 0.2) is 0 Å². The number of amides is 1. The van der Waals surface area contributed by atoms with E-state index in [-0.39, 0.29) is 22.3 Å². The van der Waals surface area contributed by atoms with Crippen molar-refractivity contribution in [3.8, 4) is 0 Å². The van der Waals surface area contributed by atoms with Gasteiger partial charge in [0.05, 0.1) is 33.2 Å². The van der Waals surface area contributed by atoms with Crippen molar-refractivity contribution in [2.24, 2.45) is 5.41 Å². The predicted octanol–water partition coefficient (Wildman–Crippen LogP) is 3.14. The number of likely N-dealkylation sites (tertiary alicyclic amines) is 1. The third-order valence-electron chi connectivity index (χ3n) is 5.40. The van der Waals surface area contributed by atoms with Crippen LogP contribution < -0.4 is 4.72 Å². The number of aromatic nitrogens is 2. The third-order valence-corrected chi connectivity index (χ3v) is 6.97. The smallest absolute Gasteiger partial charge is 0.410 e. The second kappa shape index (κ2) is 7.37. The highest BCUT2D eigenvalue weighted by Crippen LogP contribution is 2.51. The molecule has 28 heavy (non-hydrogen) atoms. The second-order valence-corrected chi connectivity index (χ2v) is 11.8. The Bertz CT molecular complexity index is 761. The van der Waals surface area contributed by atoms with Gasteiger partial charge in [-0.1, -0.05) is 0 Å². The summed E-state index contributed by atoms with van der Waals surface area (Å²) in [7, 11) is -1.22. The molecule has 7 nitrogen and oxygen atoms in total. The van der Waals surface area contributed by atoms with Crippen LogP contribution in [0.2, 0.25) is 0 Å². The molecule has 0 radical (unpaired) electrons. The van der Waals surface area contributed by atoms with E-state index >= 15 is 0 Å². The number of rotatable bonds is 2. The van der Waals surface area contributed by atoms with Gasteiger partial charge in [-0.05, 0) is 60.8 Å². The quantitative estimate of drug-likeness (QED) is 0.813. The zero-order valence-electron chi connectivity index (χ0n) is 17.7. The van der Waals surface area contributed by atoms with Crippen molar-refractivity contribution in [2.75, 3.05) is 13.1 Å². The summed E-state index contributed by atoms with van der Waals surface area (Å²) in [5.41, 5.74) is 1.22. The summed E-state index contributed by atoms with van der Waals surface area (Å²) in [4.78, 5) is 23.3. The van der Waals surface area contributed by atoms with Crippen molar-refractivity contribution in [1.29, 1.82) is 0 Å². The molecular weight excluding hydrogens is 376 g/mol. The minimum atomic E-state index is -1.22. The Morgan fingerprint density at radius 2 is 1.79 bits per heavy atom. The Morgan fingerprint density at radius 3 is 2.36 bits per heavy atom. The lowest BCUT2D eigenvalue weighted by Crippen LogP contribution is -2.50. The fourth-order valence-corrected chi connectivity index (χ4v) is 4.80. The minimum absolute atomic E-state index is 0.128. The standard InChI is InChI=1S/C20H32N4O3S/c1-18(2,3)27-17(25)24-11-7-20(8-12-24)13-14-15(22-10-9-21-14)16(20)23-28(26)19(4,5)6/h9-10,16,23H,7-8,11-13H2,1-6H3/t16-,28-/m1/s1. The van der Waals surface area contributed by atoms with Gasteiger partial charge in [0.2, 0.25) is 0 Å². The van der Waals surface area contributed by atoms with E-state index in [1.54, 1.807) is 17.3 Å². The molecule has 2 atom stereocenters. The first-order valence-corrected chi connectivity index (χ1v) is 11.0. The molecule has 1 aliphatic carbocycles. The van der Waals surface area contributed by atoms with E-state index in [1.165, 1.54) is 0 Å². The van der Waals surface area contributed by atoms with Crippen LogP contribution >= 0.6 is 0 Å². The Balaban J connectivity index is 1.79. The molecule has 2 aliphatic rings. The van der Waals surface area contributed by atoms with E-state index in [2.05, 4.69) is 14.7 Å². The van der Waals surface area contributed by atoms with Crippen molar-refractivity contribution in [2.45, 2.75) is 77.2 Å². The van der Waals surface area contributed by atoms with E-state index < -0.39 is 16.6 Å². The molecule has 0 bridgehead atoms. The van der Waals surface area contributed by atoms with Crippen LogP contribution in [0.1, 0.15) is 71.8 Å². The molecule has 1 aliphatic heterocycles. The van der Waals surface area contributed by atoms with Crippen molar-refractivity contribution >= 4 is 17.1 Å². The number of hydrogen-bond donors (Lipinski definition) is 1. The monoisotopic (exact) mass is 408 g/mol. The number of carbonyl (C=O) groups excluding carboxylic acids is 1. The summed E-state index contributed by atoms with van der Waals surface area (Å²) in [5, 5.41) is 0. The number of fused-ring (bicyclic) bond motifs is 1. The molecule has 8 heteroatoms. The predicted molar refractivity (Wildman–Crippen MR) is 109 cm³/mol. The van der Waals surface area contributed by atoms with Gasteiger partial charge in [-0.2, -0.15) is 0 Å². The molecule has 0 aromatic carbocycles. The van der Waals surface area contributed by atoms with Crippen LogP contribution in [0.3, 0.4) is 0 Å². The Morgan fingerprint density at radius 1 is 1.18 bits per heavy atom. The molecule has 2 heterocycles. The molecule has 1 amide bonds. The van der Waals surface area contributed by atoms with Crippen LogP contribution in [0.25, 0.3) is 0 Å². The van der Waals surface area contributed by atoms with E-state index in [1.807, 2.05) is 41.5 Å². The Labute approximate surface area is 170 Å². The number of hydrogen-bond acceptors (Lipinski definition) is 5. The molecule has 1 saturated heterocycles. The van der Waals surface area contributed by atoms with Crippen molar-refractivity contribution in [3.63, 3.8) is 0 Å². The van der Waals surface area contributed by atoms with Crippen LogP contribution in [0, 0.1) is 5.41 Å². The zero-order valence-corrected chi connectivity index (χ0v) is 18.6. The van der Waals surface area contributed by atoms with Crippen molar-refractivity contribution in [1.82, 2.24) is 19.6 Å². The highest BCUT2D eigenvalue weighted by molar-refractivity contribution is 7.84. The minimum Gasteiger partial charge on any atom is -0.444 e. The lowest BCUT2D eigenvalue weighted by molar-refractivity contribution is 0.00708. The van der Waals surface area contributed by atoms with Gasteiger partial charge < -0.3 is 9.64 Å². The fourth-order valence-electron chi connectivity index (χ4n) is 3.87. The summed E-state index contributed by atoms with van der Waals surface area (Å²) in [6.07, 6.45) is 5.52. The van der Waals surface area contributed by atoms with Gasteiger partial charge in [0.25, 0.3) is 0 Å². The molecule has 156 valence electrons. The van der Waals surface area contributed by atoms with Gasteiger partial charge in [-0.25, -0.2) is 13.7 Å². The summed E-state index contributed by atoms with van der Waals surface area (Å²) < 4.78 is 21.4. The normalized spacial score (nSPS) is 22.8. The van der Waals surface area contributed by atoms with Crippen LogP contribution in [0.5, 0.6) is 0 Å². The van der Waals surface area contributed by atoms with Gasteiger partial charge in [-0.3, -0.25) is 9.97 Å². The van der Waals surface area contributed by atoms with Crippen molar-refractivity contribution < 1.29 is 13.7 Å². The molecule has 3 rings (SSSR count). The van der Waals surface area contributed by atoms with E-state index in [0.717, 1.165) is 30.7 Å². The molecule has 1 aromatic rings. The van der Waals surface area contributed by atoms with Crippen LogP contribution in [-0.4, -0.2) is 48.6 Å². The number of carbonyl (C=O) groups is 1. The first-order chi connectivity index (χ1) is 12.9. The molecule has 0 unspecified atom stereocenters. The topological polar surface area (TPSA) is 84.4 Å². The SMILES string of the molecule is CC(C)(C)OC(=O)N1CCC2(CC1)Cc1nccnc1[C@H]2N[S@](=O)C(C)(C)C. The lowest BCUT2D eigenvalue weighted by Gasteiger charge is -2.43. The van der Waals surface area contributed by atoms with Gasteiger partial charge in [0.1, 0.15) is 5.60 Å². The summed E-state index contributed by atoms with van der Waals surface area (Å²) in [6, 6.07) is -0.128. The number of piperidine rings is 1. The highest BCUT2D eigenvalue weighted by Gasteiger charge is 2.51. The molecule has 1 N–H and O–H groups in total. The molecular formula is C20H32N4O3S. The van der Waals surface area contributed by atoms with E-state index in [9.17, 15) is 9.00 Å². The summed E-state index contributed by atoms with van der Waals surface area (Å²) in [6.45, 7) is 12.7. The first-order valence-electron chi connectivity index (χ1n) is 9.87. The highest BCUT2D eigenvalue weighted by atomic mass is 32.2.